The minimum Gasteiger partial charge on any atom is -0.399 e. The second-order valence-electron chi connectivity index (χ2n) is 5.09. The van der Waals surface area contributed by atoms with E-state index in [1.165, 1.54) is 0 Å². The van der Waals surface area contributed by atoms with Gasteiger partial charge >= 0.3 is 0 Å². The number of likely N-dealkylation sites (tertiary alicyclic amines) is 1. The van der Waals surface area contributed by atoms with Crippen molar-refractivity contribution < 1.29 is 9.59 Å². The van der Waals surface area contributed by atoms with Crippen LogP contribution in [-0.4, -0.2) is 35.8 Å². The highest BCUT2D eigenvalue weighted by Crippen LogP contribution is 2.13. The van der Waals surface area contributed by atoms with Gasteiger partial charge < -0.3 is 16.0 Å². The molecule has 0 aromatic heterocycles. The molecule has 1 aliphatic rings. The number of nitriles is 1. The Balaban J connectivity index is 1.83. The summed E-state index contributed by atoms with van der Waals surface area (Å²) < 4.78 is 0. The van der Waals surface area contributed by atoms with Crippen LogP contribution in [0.1, 0.15) is 29.6 Å². The zero-order valence-corrected chi connectivity index (χ0v) is 11.7. The molecule has 3 N–H and O–H groups in total. The lowest BCUT2D eigenvalue weighted by atomic mass is 10.0. The smallest absolute Gasteiger partial charge is 0.251 e. The van der Waals surface area contributed by atoms with Crippen LogP contribution in [0.25, 0.3) is 0 Å². The van der Waals surface area contributed by atoms with Crippen molar-refractivity contribution in [1.29, 1.82) is 5.26 Å². The van der Waals surface area contributed by atoms with Gasteiger partial charge in [0.2, 0.25) is 5.91 Å². The highest BCUT2D eigenvalue weighted by Gasteiger charge is 2.23. The molecular weight excluding hydrogens is 268 g/mol. The summed E-state index contributed by atoms with van der Waals surface area (Å²) in [5.74, 6) is -0.266. The normalized spacial score (nSPS) is 15.3. The van der Waals surface area contributed by atoms with E-state index in [1.54, 1.807) is 29.2 Å². The number of anilines is 1. The molecular formula is C15H18N4O2. The summed E-state index contributed by atoms with van der Waals surface area (Å²) in [5.41, 5.74) is 6.78. The van der Waals surface area contributed by atoms with E-state index < -0.39 is 0 Å². The molecule has 1 aliphatic heterocycles. The maximum absolute atomic E-state index is 12.1. The van der Waals surface area contributed by atoms with Crippen molar-refractivity contribution in [3.63, 3.8) is 0 Å². The van der Waals surface area contributed by atoms with E-state index in [1.807, 2.05) is 6.07 Å². The van der Waals surface area contributed by atoms with E-state index in [0.717, 1.165) is 0 Å². The Labute approximate surface area is 123 Å². The predicted octanol–water partition coefficient (Wildman–Crippen LogP) is 0.903. The number of nitrogen functional groups attached to an aromatic ring is 1. The summed E-state index contributed by atoms with van der Waals surface area (Å²) in [6.45, 7) is 1.15. The maximum Gasteiger partial charge on any atom is 0.251 e. The predicted molar refractivity (Wildman–Crippen MR) is 78.2 cm³/mol. The molecule has 2 rings (SSSR count). The minimum atomic E-state index is -0.138. The number of piperidine rings is 1. The van der Waals surface area contributed by atoms with Crippen LogP contribution in [0.4, 0.5) is 5.69 Å². The largest absolute Gasteiger partial charge is 0.399 e. The van der Waals surface area contributed by atoms with Crippen molar-refractivity contribution in [2.75, 3.05) is 18.8 Å². The molecule has 0 atom stereocenters. The lowest BCUT2D eigenvalue weighted by Crippen LogP contribution is -2.46. The fourth-order valence-corrected chi connectivity index (χ4v) is 2.36. The van der Waals surface area contributed by atoms with Crippen molar-refractivity contribution >= 4 is 17.5 Å². The molecule has 1 fully saturated rings. The van der Waals surface area contributed by atoms with Gasteiger partial charge in [0.05, 0.1) is 6.07 Å². The van der Waals surface area contributed by atoms with Gasteiger partial charge in [-0.1, -0.05) is 0 Å². The first-order valence-electron chi connectivity index (χ1n) is 6.91. The third-order valence-electron chi connectivity index (χ3n) is 3.59. The molecule has 1 aromatic rings. The summed E-state index contributed by atoms with van der Waals surface area (Å²) >= 11 is 0. The molecule has 21 heavy (non-hydrogen) atoms. The Morgan fingerprint density at radius 1 is 1.29 bits per heavy atom. The monoisotopic (exact) mass is 286 g/mol. The second kappa shape index (κ2) is 6.75. The molecule has 0 spiro atoms. The van der Waals surface area contributed by atoms with Crippen LogP contribution in [0.15, 0.2) is 24.3 Å². The molecule has 0 bridgehead atoms. The van der Waals surface area contributed by atoms with Crippen LogP contribution < -0.4 is 11.1 Å². The van der Waals surface area contributed by atoms with Gasteiger partial charge in [-0.15, -0.1) is 0 Å². The van der Waals surface area contributed by atoms with E-state index in [-0.39, 0.29) is 24.3 Å². The van der Waals surface area contributed by atoms with Crippen molar-refractivity contribution in [3.05, 3.63) is 29.8 Å². The summed E-state index contributed by atoms with van der Waals surface area (Å²) in [6, 6.07) is 8.69. The van der Waals surface area contributed by atoms with Crippen molar-refractivity contribution in [2.45, 2.75) is 25.3 Å². The average molecular weight is 286 g/mol. The van der Waals surface area contributed by atoms with Gasteiger partial charge in [0, 0.05) is 30.4 Å². The molecule has 1 saturated heterocycles. The molecule has 110 valence electrons. The fourth-order valence-electron chi connectivity index (χ4n) is 2.36. The first-order valence-corrected chi connectivity index (χ1v) is 6.91. The topological polar surface area (TPSA) is 99.2 Å². The van der Waals surface area contributed by atoms with Crippen LogP contribution in [0, 0.1) is 11.3 Å². The minimum absolute atomic E-state index is 0.0567. The number of nitrogens with two attached hydrogens (primary N) is 1. The van der Waals surface area contributed by atoms with Crippen LogP contribution in [0.5, 0.6) is 0 Å². The van der Waals surface area contributed by atoms with Gasteiger partial charge in [0.1, 0.15) is 6.42 Å². The lowest BCUT2D eigenvalue weighted by Gasteiger charge is -2.32. The SMILES string of the molecule is N#CCC(=O)N1CCC(NC(=O)c2ccc(N)cc2)CC1. The molecule has 1 heterocycles. The first-order chi connectivity index (χ1) is 10.1. The summed E-state index contributed by atoms with van der Waals surface area (Å²) in [6.07, 6.45) is 1.33. The second-order valence-corrected chi connectivity index (χ2v) is 5.09. The highest BCUT2D eigenvalue weighted by atomic mass is 16.2. The van der Waals surface area contributed by atoms with Gasteiger partial charge in [0.25, 0.3) is 5.91 Å². The molecule has 2 amide bonds. The van der Waals surface area contributed by atoms with E-state index in [2.05, 4.69) is 5.32 Å². The summed E-state index contributed by atoms with van der Waals surface area (Å²) in [7, 11) is 0. The van der Waals surface area contributed by atoms with Crippen molar-refractivity contribution in [3.8, 4) is 6.07 Å². The first kappa shape index (κ1) is 14.9. The number of amides is 2. The molecule has 6 heteroatoms. The molecule has 0 aliphatic carbocycles. The molecule has 0 saturated carbocycles. The number of carbonyl (C=O) groups excluding carboxylic acids is 2. The number of hydrogen-bond donors (Lipinski definition) is 2. The Hall–Kier alpha value is -2.55. The van der Waals surface area contributed by atoms with E-state index >= 15 is 0 Å². The Kier molecular flexibility index (Phi) is 4.77. The highest BCUT2D eigenvalue weighted by molar-refractivity contribution is 5.94. The van der Waals surface area contributed by atoms with Gasteiger partial charge in [-0.05, 0) is 37.1 Å². The number of carbonyl (C=O) groups is 2. The number of nitrogens with zero attached hydrogens (tertiary/aromatic N) is 2. The van der Waals surface area contributed by atoms with E-state index in [9.17, 15) is 9.59 Å². The van der Waals surface area contributed by atoms with Gasteiger partial charge in [-0.2, -0.15) is 5.26 Å². The van der Waals surface area contributed by atoms with Crippen LogP contribution in [0.2, 0.25) is 0 Å². The third-order valence-corrected chi connectivity index (χ3v) is 3.59. The number of benzene rings is 1. The standard InChI is InChI=1S/C15H18N4O2/c16-8-5-14(20)19-9-6-13(7-10-19)18-15(21)11-1-3-12(17)4-2-11/h1-4,13H,5-7,9-10,17H2,(H,18,21). The average Bonchev–Trinajstić information content (AvgIpc) is 2.49. The Bertz CT molecular complexity index is 554. The number of rotatable bonds is 3. The van der Waals surface area contributed by atoms with E-state index in [4.69, 9.17) is 11.0 Å². The van der Waals surface area contributed by atoms with Gasteiger partial charge in [-0.25, -0.2) is 0 Å². The molecule has 0 radical (unpaired) electrons. The van der Waals surface area contributed by atoms with Gasteiger partial charge in [-0.3, -0.25) is 9.59 Å². The molecule has 0 unspecified atom stereocenters. The zero-order valence-electron chi connectivity index (χ0n) is 11.7. The number of hydrogen-bond acceptors (Lipinski definition) is 4. The van der Waals surface area contributed by atoms with Crippen LogP contribution >= 0.6 is 0 Å². The Morgan fingerprint density at radius 3 is 2.48 bits per heavy atom. The van der Waals surface area contributed by atoms with E-state index in [0.29, 0.717) is 37.2 Å². The summed E-state index contributed by atoms with van der Waals surface area (Å²) in [5, 5.41) is 11.5. The number of nitrogens with one attached hydrogen (secondary N) is 1. The third kappa shape index (κ3) is 3.96. The quantitative estimate of drug-likeness (QED) is 0.806. The summed E-state index contributed by atoms with van der Waals surface area (Å²) in [4.78, 5) is 25.3. The fraction of sp³-hybridized carbons (Fsp3) is 0.400. The Morgan fingerprint density at radius 2 is 1.90 bits per heavy atom. The van der Waals surface area contributed by atoms with Crippen LogP contribution in [-0.2, 0) is 4.79 Å². The van der Waals surface area contributed by atoms with Crippen LogP contribution in [0.3, 0.4) is 0 Å². The van der Waals surface area contributed by atoms with Gasteiger partial charge in [0.15, 0.2) is 0 Å². The lowest BCUT2D eigenvalue weighted by molar-refractivity contribution is -0.131. The molecule has 1 aromatic carbocycles. The zero-order chi connectivity index (χ0) is 15.2. The van der Waals surface area contributed by atoms with Crippen molar-refractivity contribution in [2.24, 2.45) is 0 Å². The maximum atomic E-state index is 12.1. The van der Waals surface area contributed by atoms with Crippen molar-refractivity contribution in [1.82, 2.24) is 10.2 Å². The molecule has 6 nitrogen and oxygen atoms in total.